The molecule has 3 N–H and O–H groups in total. The fourth-order valence-electron chi connectivity index (χ4n) is 0.502. The lowest BCUT2D eigenvalue weighted by Crippen LogP contribution is -2.22. The van der Waals surface area contributed by atoms with E-state index in [2.05, 4.69) is 10.3 Å². The number of amides is 2. The van der Waals surface area contributed by atoms with Crippen LogP contribution in [0.5, 0.6) is 0 Å². The minimum absolute atomic E-state index is 0.200. The zero-order valence-electron chi connectivity index (χ0n) is 6.83. The second-order valence-electron chi connectivity index (χ2n) is 2.00. The molecule has 0 atom stereocenters. The molecule has 6 heteroatoms. The van der Waals surface area contributed by atoms with Crippen molar-refractivity contribution in [3.05, 3.63) is 0 Å². The normalized spacial score (nSPS) is 9.42. The molecule has 0 heterocycles. The monoisotopic (exact) mass is 192 g/mol. The van der Waals surface area contributed by atoms with Crippen LogP contribution in [0.1, 0.15) is 6.42 Å². The molecule has 0 aromatic heterocycles. The van der Waals surface area contributed by atoms with E-state index in [4.69, 9.17) is 5.73 Å². The topological polar surface area (TPSA) is 81.4 Å². The van der Waals surface area contributed by atoms with E-state index in [1.807, 2.05) is 0 Å². The lowest BCUT2D eigenvalue weighted by atomic mass is 10.5. The van der Waals surface area contributed by atoms with Gasteiger partial charge in [0.25, 0.3) is 0 Å². The number of thioether (sulfide) groups is 1. The third kappa shape index (κ3) is 7.36. The Kier molecular flexibility index (Phi) is 6.50. The second-order valence-corrected chi connectivity index (χ2v) is 3.10. The Morgan fingerprint density at radius 2 is 2.25 bits per heavy atom. The van der Waals surface area contributed by atoms with Crippen LogP contribution in [0.4, 0.5) is 0 Å². The Labute approximate surface area is 75.0 Å². The largest absolute Gasteiger partial charge is 0.369 e. The molecule has 0 aromatic carbocycles. The van der Waals surface area contributed by atoms with Crippen molar-refractivity contribution in [3.63, 3.8) is 0 Å². The highest BCUT2D eigenvalue weighted by molar-refractivity contribution is 7.99. The van der Waals surface area contributed by atoms with Crippen LogP contribution in [0.3, 0.4) is 0 Å². The molecule has 0 aliphatic rings. The van der Waals surface area contributed by atoms with Gasteiger partial charge < -0.3 is 5.73 Å². The van der Waals surface area contributed by atoms with E-state index in [0.717, 1.165) is 0 Å². The molecule has 0 saturated heterocycles. The number of rotatable bonds is 6. The zero-order chi connectivity index (χ0) is 9.40. The summed E-state index contributed by atoms with van der Waals surface area (Å²) in [5, 5.41) is 0. The van der Waals surface area contributed by atoms with Crippen LogP contribution < -0.4 is 11.2 Å². The summed E-state index contributed by atoms with van der Waals surface area (Å²) in [5.41, 5.74) is 7.05. The van der Waals surface area contributed by atoms with E-state index in [9.17, 15) is 9.59 Å². The van der Waals surface area contributed by atoms with E-state index in [1.54, 1.807) is 0 Å². The summed E-state index contributed by atoms with van der Waals surface area (Å²) in [5.74, 6) is 0.250. The van der Waals surface area contributed by atoms with Crippen LogP contribution in [-0.4, -0.2) is 30.4 Å². The van der Waals surface area contributed by atoms with Crippen LogP contribution in [0, 0.1) is 0 Å². The third-order valence-corrected chi connectivity index (χ3v) is 1.92. The summed E-state index contributed by atoms with van der Waals surface area (Å²) in [6.07, 6.45) is 0.325. The molecule has 70 valence electrons. The Morgan fingerprint density at radius 1 is 1.58 bits per heavy atom. The number of nitrogens with two attached hydrogens (primary N) is 1. The van der Waals surface area contributed by atoms with Gasteiger partial charge >= 0.3 is 0 Å². The Morgan fingerprint density at radius 3 is 2.75 bits per heavy atom. The summed E-state index contributed by atoms with van der Waals surface area (Å²) >= 11 is 1.32. The van der Waals surface area contributed by atoms with Crippen LogP contribution in [0.2, 0.25) is 0 Å². The molecule has 0 bridgehead atoms. The summed E-state index contributed by atoms with van der Waals surface area (Å²) in [4.78, 5) is 25.3. The number of carbonyl (C=O) groups is 2. The smallest absolute Gasteiger partial charge is 0.244 e. The number of hydrogen-bond donors (Lipinski definition) is 2. The van der Waals surface area contributed by atoms with Crippen LogP contribution in [0.15, 0.2) is 0 Å². The van der Waals surface area contributed by atoms with E-state index >= 15 is 0 Å². The highest BCUT2D eigenvalue weighted by Gasteiger charge is 2.00. The number of hydrogen-bond acceptors (Lipinski definition) is 4. The van der Waals surface area contributed by atoms with Gasteiger partial charge in [0.15, 0.2) is 0 Å². The Balaban J connectivity index is 3.19. The molecule has 12 heavy (non-hydrogen) atoms. The minimum Gasteiger partial charge on any atom is -0.369 e. The quantitative estimate of drug-likeness (QED) is 0.429. The average Bonchev–Trinajstić information content (AvgIpc) is 1.98. The van der Waals surface area contributed by atoms with Crippen molar-refractivity contribution in [3.8, 4) is 0 Å². The highest BCUT2D eigenvalue weighted by Crippen LogP contribution is 2.00. The maximum atomic E-state index is 10.7. The fourth-order valence-corrected chi connectivity index (χ4v) is 1.18. The summed E-state index contributed by atoms with van der Waals surface area (Å²) in [7, 11) is 1.37. The number of nitrogens with one attached hydrogen (secondary N) is 1. The first kappa shape index (κ1) is 11.2. The molecule has 2 amide bonds. The van der Waals surface area contributed by atoms with Gasteiger partial charge in [0.05, 0.1) is 12.9 Å². The lowest BCUT2D eigenvalue weighted by Gasteiger charge is -2.00. The van der Waals surface area contributed by atoms with Crippen molar-refractivity contribution >= 4 is 23.6 Å². The molecule has 0 rings (SSSR count). The van der Waals surface area contributed by atoms with Crippen LogP contribution in [0.25, 0.3) is 0 Å². The predicted molar refractivity (Wildman–Crippen MR) is 46.3 cm³/mol. The standard InChI is InChI=1S/C6H12N2O3S/c1-11-8-6(10)2-3-12-4-5(7)9/h2-4H2,1H3,(H2,7,9)(H,8,10). The summed E-state index contributed by atoms with van der Waals surface area (Å²) in [6, 6.07) is 0. The van der Waals surface area contributed by atoms with E-state index < -0.39 is 0 Å². The summed E-state index contributed by atoms with van der Waals surface area (Å²) in [6.45, 7) is 0. The molecular formula is C6H12N2O3S. The van der Waals surface area contributed by atoms with Crippen LogP contribution >= 0.6 is 11.8 Å². The maximum absolute atomic E-state index is 10.7. The van der Waals surface area contributed by atoms with E-state index in [0.29, 0.717) is 12.2 Å². The van der Waals surface area contributed by atoms with Gasteiger partial charge in [0.1, 0.15) is 0 Å². The highest BCUT2D eigenvalue weighted by atomic mass is 32.2. The first-order chi connectivity index (χ1) is 5.66. The van der Waals surface area contributed by atoms with Crippen molar-refractivity contribution in [1.29, 1.82) is 0 Å². The Bertz CT molecular complexity index is 163. The second kappa shape index (κ2) is 6.93. The van der Waals surface area contributed by atoms with Gasteiger partial charge in [-0.1, -0.05) is 0 Å². The minimum atomic E-state index is -0.368. The van der Waals surface area contributed by atoms with Gasteiger partial charge in [-0.3, -0.25) is 14.4 Å². The average molecular weight is 192 g/mol. The third-order valence-electron chi connectivity index (χ3n) is 0.934. The van der Waals surface area contributed by atoms with Gasteiger partial charge in [0.2, 0.25) is 11.8 Å². The van der Waals surface area contributed by atoms with Crippen LogP contribution in [-0.2, 0) is 14.4 Å². The molecule has 5 nitrogen and oxygen atoms in total. The van der Waals surface area contributed by atoms with Gasteiger partial charge in [0, 0.05) is 12.2 Å². The van der Waals surface area contributed by atoms with Gasteiger partial charge in [-0.25, -0.2) is 5.48 Å². The van der Waals surface area contributed by atoms with Gasteiger partial charge in [-0.15, -0.1) is 0 Å². The molecule has 0 radical (unpaired) electrons. The first-order valence-corrected chi connectivity index (χ1v) is 4.50. The molecule has 0 aliphatic heterocycles. The van der Waals surface area contributed by atoms with Crippen molar-refractivity contribution in [1.82, 2.24) is 5.48 Å². The number of primary amides is 1. The van der Waals surface area contributed by atoms with Crippen molar-refractivity contribution in [2.24, 2.45) is 5.73 Å². The molecular weight excluding hydrogens is 180 g/mol. The van der Waals surface area contributed by atoms with Crippen molar-refractivity contribution in [2.45, 2.75) is 6.42 Å². The Hall–Kier alpha value is -0.750. The lowest BCUT2D eigenvalue weighted by molar-refractivity contribution is -0.130. The van der Waals surface area contributed by atoms with Gasteiger partial charge in [-0.2, -0.15) is 11.8 Å². The zero-order valence-corrected chi connectivity index (χ0v) is 7.65. The number of hydroxylamine groups is 1. The van der Waals surface area contributed by atoms with Crippen molar-refractivity contribution in [2.75, 3.05) is 18.6 Å². The fraction of sp³-hybridized carbons (Fsp3) is 0.667. The molecule has 0 unspecified atom stereocenters. The molecule has 0 aliphatic carbocycles. The molecule has 0 spiro atoms. The number of carbonyl (C=O) groups excluding carboxylic acids is 2. The first-order valence-electron chi connectivity index (χ1n) is 3.34. The SMILES string of the molecule is CONC(=O)CCSCC(N)=O. The summed E-state index contributed by atoms with van der Waals surface area (Å²) < 4.78 is 0. The van der Waals surface area contributed by atoms with E-state index in [1.165, 1.54) is 18.9 Å². The maximum Gasteiger partial charge on any atom is 0.244 e. The van der Waals surface area contributed by atoms with Gasteiger partial charge in [-0.05, 0) is 0 Å². The van der Waals surface area contributed by atoms with Crippen molar-refractivity contribution < 1.29 is 14.4 Å². The predicted octanol–water partition coefficient (Wildman–Crippen LogP) is -0.727. The molecule has 0 aromatic rings. The molecule has 0 fully saturated rings. The van der Waals surface area contributed by atoms with E-state index in [-0.39, 0.29) is 17.6 Å². The molecule has 0 saturated carbocycles.